The minimum Gasteiger partial charge on any atom is -0.482 e. The SMILES string of the molecule is CN1C(=O)COc2ccc(C(=O)CS(=O)(=O)CC(=O)Nc3ccccc3)cc21. The van der Waals surface area contributed by atoms with Gasteiger partial charge in [0.05, 0.1) is 5.69 Å². The summed E-state index contributed by atoms with van der Waals surface area (Å²) in [6.45, 7) is -0.0955. The number of likely N-dealkylation sites (N-methyl/N-ethyl adjacent to an activating group) is 1. The maximum atomic E-state index is 12.4. The van der Waals surface area contributed by atoms with Gasteiger partial charge < -0.3 is 15.0 Å². The molecular weight excluding hydrogens is 384 g/mol. The Balaban J connectivity index is 1.68. The van der Waals surface area contributed by atoms with Crippen LogP contribution in [-0.4, -0.2) is 51.2 Å². The second kappa shape index (κ2) is 7.81. The van der Waals surface area contributed by atoms with E-state index in [2.05, 4.69) is 5.32 Å². The molecule has 0 bridgehead atoms. The minimum atomic E-state index is -3.97. The largest absolute Gasteiger partial charge is 0.482 e. The fourth-order valence-electron chi connectivity index (χ4n) is 2.70. The van der Waals surface area contributed by atoms with Crippen LogP contribution in [0.4, 0.5) is 11.4 Å². The zero-order chi connectivity index (χ0) is 20.3. The zero-order valence-corrected chi connectivity index (χ0v) is 15.9. The molecule has 2 aromatic carbocycles. The van der Waals surface area contributed by atoms with Crippen molar-refractivity contribution >= 4 is 38.8 Å². The lowest BCUT2D eigenvalue weighted by molar-refractivity contribution is -0.121. The van der Waals surface area contributed by atoms with E-state index in [-0.39, 0.29) is 18.1 Å². The Morgan fingerprint density at radius 2 is 1.82 bits per heavy atom. The smallest absolute Gasteiger partial charge is 0.264 e. The van der Waals surface area contributed by atoms with Gasteiger partial charge in [-0.25, -0.2) is 8.42 Å². The first-order valence-corrected chi connectivity index (χ1v) is 10.2. The first-order valence-electron chi connectivity index (χ1n) is 8.37. The topological polar surface area (TPSA) is 110 Å². The van der Waals surface area contributed by atoms with Crippen molar-refractivity contribution in [3.05, 3.63) is 54.1 Å². The van der Waals surface area contributed by atoms with Crippen LogP contribution in [0, 0.1) is 0 Å². The average Bonchev–Trinajstić information content (AvgIpc) is 2.64. The average molecular weight is 402 g/mol. The van der Waals surface area contributed by atoms with Gasteiger partial charge >= 0.3 is 0 Å². The quantitative estimate of drug-likeness (QED) is 0.729. The summed E-state index contributed by atoms with van der Waals surface area (Å²) in [6, 6.07) is 12.8. The van der Waals surface area contributed by atoms with E-state index in [0.29, 0.717) is 17.1 Å². The van der Waals surface area contributed by atoms with Gasteiger partial charge in [0.1, 0.15) is 17.3 Å². The molecule has 0 fully saturated rings. The molecule has 0 aliphatic carbocycles. The van der Waals surface area contributed by atoms with E-state index in [9.17, 15) is 22.8 Å². The Morgan fingerprint density at radius 3 is 2.54 bits per heavy atom. The first-order chi connectivity index (χ1) is 13.2. The maximum absolute atomic E-state index is 12.4. The molecule has 8 nitrogen and oxygen atoms in total. The van der Waals surface area contributed by atoms with Crippen LogP contribution in [0.25, 0.3) is 0 Å². The van der Waals surface area contributed by atoms with Gasteiger partial charge in [-0.3, -0.25) is 14.4 Å². The molecule has 0 spiro atoms. The normalized spacial score (nSPS) is 13.5. The molecule has 0 radical (unpaired) electrons. The van der Waals surface area contributed by atoms with Gasteiger partial charge in [0.2, 0.25) is 5.91 Å². The Morgan fingerprint density at radius 1 is 1.11 bits per heavy atom. The van der Waals surface area contributed by atoms with Gasteiger partial charge in [-0.15, -0.1) is 0 Å². The molecule has 1 aliphatic heterocycles. The van der Waals surface area contributed by atoms with E-state index >= 15 is 0 Å². The fraction of sp³-hybridized carbons (Fsp3) is 0.211. The van der Waals surface area contributed by atoms with Gasteiger partial charge in [0, 0.05) is 18.3 Å². The number of fused-ring (bicyclic) bond motifs is 1. The molecule has 1 N–H and O–H groups in total. The van der Waals surface area contributed by atoms with Gasteiger partial charge in [-0.05, 0) is 30.3 Å². The number of carbonyl (C=O) groups excluding carboxylic acids is 3. The maximum Gasteiger partial charge on any atom is 0.264 e. The number of nitrogens with one attached hydrogen (secondary N) is 1. The van der Waals surface area contributed by atoms with Crippen molar-refractivity contribution in [2.24, 2.45) is 0 Å². The molecule has 1 aliphatic rings. The Hall–Kier alpha value is -3.20. The summed E-state index contributed by atoms with van der Waals surface area (Å²) in [4.78, 5) is 37.4. The Bertz CT molecular complexity index is 1030. The Kier molecular flexibility index (Phi) is 5.46. The third-order valence-electron chi connectivity index (χ3n) is 4.13. The molecule has 28 heavy (non-hydrogen) atoms. The summed E-state index contributed by atoms with van der Waals surface area (Å²) in [7, 11) is -2.42. The molecule has 146 valence electrons. The summed E-state index contributed by atoms with van der Waals surface area (Å²) < 4.78 is 29.8. The van der Waals surface area contributed by atoms with Crippen molar-refractivity contribution in [3.63, 3.8) is 0 Å². The van der Waals surface area contributed by atoms with E-state index in [1.807, 2.05) is 0 Å². The molecular formula is C19H18N2O6S. The van der Waals surface area contributed by atoms with Gasteiger partial charge in [-0.1, -0.05) is 18.2 Å². The lowest BCUT2D eigenvalue weighted by Crippen LogP contribution is -2.35. The van der Waals surface area contributed by atoms with Crippen LogP contribution in [0.3, 0.4) is 0 Å². The predicted octanol–water partition coefficient (Wildman–Crippen LogP) is 1.28. The van der Waals surface area contributed by atoms with Crippen LogP contribution in [0.2, 0.25) is 0 Å². The number of ketones is 1. The number of amides is 2. The number of nitrogens with zero attached hydrogens (tertiary/aromatic N) is 1. The van der Waals surface area contributed by atoms with Gasteiger partial charge in [-0.2, -0.15) is 0 Å². The Labute approximate surface area is 162 Å². The molecule has 0 saturated carbocycles. The third kappa shape index (κ3) is 4.55. The number of hydrogen-bond donors (Lipinski definition) is 1. The van der Waals surface area contributed by atoms with Crippen LogP contribution in [0.1, 0.15) is 10.4 Å². The van der Waals surface area contributed by atoms with Crippen LogP contribution in [-0.2, 0) is 19.4 Å². The number of ether oxygens (including phenoxy) is 1. The number of hydrogen-bond acceptors (Lipinski definition) is 6. The number of Topliss-reactive ketones (excluding diaryl/α,β-unsaturated/α-hetero) is 1. The van der Waals surface area contributed by atoms with Crippen LogP contribution in [0.5, 0.6) is 5.75 Å². The molecule has 2 aromatic rings. The van der Waals surface area contributed by atoms with Crippen molar-refractivity contribution < 1.29 is 27.5 Å². The summed E-state index contributed by atoms with van der Waals surface area (Å²) in [5, 5.41) is 2.47. The van der Waals surface area contributed by atoms with E-state index in [1.54, 1.807) is 37.4 Å². The summed E-state index contributed by atoms with van der Waals surface area (Å²) >= 11 is 0. The summed E-state index contributed by atoms with van der Waals surface area (Å²) in [6.07, 6.45) is 0. The molecule has 9 heteroatoms. The summed E-state index contributed by atoms with van der Waals surface area (Å²) in [5.41, 5.74) is 0.980. The van der Waals surface area contributed by atoms with E-state index in [4.69, 9.17) is 4.74 Å². The van der Waals surface area contributed by atoms with Gasteiger partial charge in [0.25, 0.3) is 5.91 Å². The number of anilines is 2. The second-order valence-electron chi connectivity index (χ2n) is 6.29. The van der Waals surface area contributed by atoms with Gasteiger partial charge in [0.15, 0.2) is 22.2 Å². The third-order valence-corrected chi connectivity index (χ3v) is 5.53. The lowest BCUT2D eigenvalue weighted by atomic mass is 10.1. The molecule has 0 unspecified atom stereocenters. The molecule has 0 atom stereocenters. The number of para-hydroxylation sites is 1. The van der Waals surface area contributed by atoms with Crippen LogP contribution < -0.4 is 15.0 Å². The number of carbonyl (C=O) groups is 3. The monoisotopic (exact) mass is 402 g/mol. The highest BCUT2D eigenvalue weighted by Gasteiger charge is 2.26. The first kappa shape index (κ1) is 19.6. The van der Waals surface area contributed by atoms with E-state index in [1.165, 1.54) is 23.1 Å². The lowest BCUT2D eigenvalue weighted by Gasteiger charge is -2.26. The number of benzene rings is 2. The van der Waals surface area contributed by atoms with Crippen molar-refractivity contribution in [2.75, 3.05) is 35.4 Å². The van der Waals surface area contributed by atoms with E-state index < -0.39 is 33.0 Å². The summed E-state index contributed by atoms with van der Waals surface area (Å²) in [5.74, 6) is -2.84. The van der Waals surface area contributed by atoms with Crippen molar-refractivity contribution in [1.29, 1.82) is 0 Å². The van der Waals surface area contributed by atoms with Crippen molar-refractivity contribution in [1.82, 2.24) is 0 Å². The minimum absolute atomic E-state index is 0.0955. The number of sulfone groups is 1. The fourth-order valence-corrected chi connectivity index (χ4v) is 3.84. The van der Waals surface area contributed by atoms with Crippen LogP contribution >= 0.6 is 0 Å². The standard InChI is InChI=1S/C19H18N2O6S/c1-21-15-9-13(7-8-17(15)27-10-19(21)24)16(22)11-28(25,26)12-18(23)20-14-5-3-2-4-6-14/h2-9H,10-12H2,1H3,(H,20,23). The molecule has 3 rings (SSSR count). The van der Waals surface area contributed by atoms with E-state index in [0.717, 1.165) is 0 Å². The van der Waals surface area contributed by atoms with Crippen molar-refractivity contribution in [2.45, 2.75) is 0 Å². The molecule has 0 aromatic heterocycles. The predicted molar refractivity (Wildman–Crippen MR) is 103 cm³/mol. The second-order valence-corrected chi connectivity index (χ2v) is 8.36. The molecule has 2 amide bonds. The van der Waals surface area contributed by atoms with Crippen molar-refractivity contribution in [3.8, 4) is 5.75 Å². The van der Waals surface area contributed by atoms with Crippen LogP contribution in [0.15, 0.2) is 48.5 Å². The highest BCUT2D eigenvalue weighted by Crippen LogP contribution is 2.32. The highest BCUT2D eigenvalue weighted by atomic mass is 32.2. The molecule has 0 saturated heterocycles. The zero-order valence-electron chi connectivity index (χ0n) is 15.0. The molecule has 1 heterocycles. The highest BCUT2D eigenvalue weighted by molar-refractivity contribution is 7.92. The number of rotatable bonds is 6.